The number of nitrogens with two attached hydrogens (primary N) is 1. The van der Waals surface area contributed by atoms with Crippen LogP contribution < -0.4 is 11.1 Å². The molecule has 0 radical (unpaired) electrons. The first-order valence-corrected chi connectivity index (χ1v) is 10.1. The second kappa shape index (κ2) is 8.96. The van der Waals surface area contributed by atoms with Crippen LogP contribution in [0.4, 0.5) is 0 Å². The summed E-state index contributed by atoms with van der Waals surface area (Å²) in [5.74, 6) is -0.0682. The maximum Gasteiger partial charge on any atom is 0.237 e. The summed E-state index contributed by atoms with van der Waals surface area (Å²) in [6.07, 6.45) is 13.3. The minimum Gasteiger partial charge on any atom is -0.352 e. The SMILES string of the molecule is N[C@H](Cc1ccccc1)C(=O)NC1CCC(n2cc(-c3cnccn3)cn2)CC1. The lowest BCUT2D eigenvalue weighted by Crippen LogP contribution is -2.47. The first-order valence-electron chi connectivity index (χ1n) is 10.1. The molecule has 1 aliphatic rings. The Bertz CT molecular complexity index is 919. The molecule has 2 aromatic heterocycles. The number of amides is 1. The van der Waals surface area contributed by atoms with Gasteiger partial charge in [-0.1, -0.05) is 30.3 Å². The summed E-state index contributed by atoms with van der Waals surface area (Å²) < 4.78 is 2.02. The third-order valence-corrected chi connectivity index (χ3v) is 5.51. The van der Waals surface area contributed by atoms with E-state index in [9.17, 15) is 4.79 Å². The lowest BCUT2D eigenvalue weighted by Gasteiger charge is -2.30. The van der Waals surface area contributed by atoms with Gasteiger partial charge in [0.15, 0.2) is 0 Å². The molecule has 0 spiro atoms. The topological polar surface area (TPSA) is 98.7 Å². The molecular formula is C22H26N6O. The van der Waals surface area contributed by atoms with Gasteiger partial charge in [-0.2, -0.15) is 5.10 Å². The van der Waals surface area contributed by atoms with Gasteiger partial charge < -0.3 is 11.1 Å². The zero-order chi connectivity index (χ0) is 20.1. The van der Waals surface area contributed by atoms with E-state index < -0.39 is 6.04 Å². The Labute approximate surface area is 170 Å². The molecule has 0 aliphatic heterocycles. The molecule has 0 saturated heterocycles. The summed E-state index contributed by atoms with van der Waals surface area (Å²) in [6.45, 7) is 0. The molecule has 0 bridgehead atoms. The fourth-order valence-corrected chi connectivity index (χ4v) is 3.87. The second-order valence-electron chi connectivity index (χ2n) is 7.61. The molecule has 3 N–H and O–H groups in total. The second-order valence-corrected chi connectivity index (χ2v) is 7.61. The fourth-order valence-electron chi connectivity index (χ4n) is 3.87. The van der Waals surface area contributed by atoms with Gasteiger partial charge in [-0.05, 0) is 37.7 Å². The monoisotopic (exact) mass is 390 g/mol. The number of aromatic nitrogens is 4. The smallest absolute Gasteiger partial charge is 0.237 e. The zero-order valence-electron chi connectivity index (χ0n) is 16.3. The van der Waals surface area contributed by atoms with E-state index in [1.54, 1.807) is 18.6 Å². The maximum absolute atomic E-state index is 12.5. The molecule has 0 unspecified atom stereocenters. The van der Waals surface area contributed by atoms with Gasteiger partial charge in [-0.3, -0.25) is 19.4 Å². The summed E-state index contributed by atoms with van der Waals surface area (Å²) in [5, 5.41) is 7.65. The Hall–Kier alpha value is -3.06. The van der Waals surface area contributed by atoms with Gasteiger partial charge in [-0.15, -0.1) is 0 Å². The molecule has 29 heavy (non-hydrogen) atoms. The average Bonchev–Trinajstić information content (AvgIpc) is 3.26. The van der Waals surface area contributed by atoms with E-state index in [4.69, 9.17) is 5.73 Å². The first kappa shape index (κ1) is 19.3. The van der Waals surface area contributed by atoms with E-state index >= 15 is 0 Å². The van der Waals surface area contributed by atoms with Crippen LogP contribution in [0.5, 0.6) is 0 Å². The quantitative estimate of drug-likeness (QED) is 0.674. The van der Waals surface area contributed by atoms with E-state index in [1.165, 1.54) is 0 Å². The van der Waals surface area contributed by atoms with Crippen LogP contribution >= 0.6 is 0 Å². The van der Waals surface area contributed by atoms with Crippen LogP contribution in [0.25, 0.3) is 11.3 Å². The summed E-state index contributed by atoms with van der Waals surface area (Å²) in [5.41, 5.74) is 8.98. The molecule has 2 heterocycles. The Morgan fingerprint density at radius 3 is 2.66 bits per heavy atom. The third kappa shape index (κ3) is 4.86. The van der Waals surface area contributed by atoms with Gasteiger partial charge in [0.1, 0.15) is 0 Å². The highest BCUT2D eigenvalue weighted by atomic mass is 16.2. The normalized spacial score (nSPS) is 20.2. The number of nitrogens with zero attached hydrogens (tertiary/aromatic N) is 4. The van der Waals surface area contributed by atoms with Crippen molar-refractivity contribution in [3.05, 3.63) is 66.9 Å². The van der Waals surface area contributed by atoms with Crippen molar-refractivity contribution >= 4 is 5.91 Å². The minimum atomic E-state index is -0.518. The maximum atomic E-state index is 12.5. The summed E-state index contributed by atoms with van der Waals surface area (Å²) in [4.78, 5) is 20.9. The van der Waals surface area contributed by atoms with E-state index in [1.807, 2.05) is 47.4 Å². The van der Waals surface area contributed by atoms with Gasteiger partial charge >= 0.3 is 0 Å². The van der Waals surface area contributed by atoms with Crippen molar-refractivity contribution in [3.8, 4) is 11.3 Å². The highest BCUT2D eigenvalue weighted by Gasteiger charge is 2.25. The van der Waals surface area contributed by atoms with Gasteiger partial charge in [0.05, 0.1) is 30.2 Å². The molecule has 150 valence electrons. The number of nitrogens with one attached hydrogen (secondary N) is 1. The number of carbonyl (C=O) groups excluding carboxylic acids is 1. The molecule has 1 fully saturated rings. The van der Waals surface area contributed by atoms with Crippen molar-refractivity contribution in [3.63, 3.8) is 0 Å². The van der Waals surface area contributed by atoms with E-state index in [0.717, 1.165) is 42.5 Å². The molecule has 7 heteroatoms. The highest BCUT2D eigenvalue weighted by molar-refractivity contribution is 5.82. The lowest BCUT2D eigenvalue weighted by atomic mass is 9.91. The van der Waals surface area contributed by atoms with Crippen LogP contribution in [-0.4, -0.2) is 37.7 Å². The minimum absolute atomic E-state index is 0.0682. The number of hydrogen-bond acceptors (Lipinski definition) is 5. The molecule has 1 aromatic carbocycles. The zero-order valence-corrected chi connectivity index (χ0v) is 16.3. The first-order chi connectivity index (χ1) is 14.2. The largest absolute Gasteiger partial charge is 0.352 e. The van der Waals surface area contributed by atoms with Gasteiger partial charge in [0.2, 0.25) is 5.91 Å². The highest BCUT2D eigenvalue weighted by Crippen LogP contribution is 2.29. The Kier molecular flexibility index (Phi) is 5.95. The molecule has 7 nitrogen and oxygen atoms in total. The van der Waals surface area contributed by atoms with Crippen molar-refractivity contribution in [1.82, 2.24) is 25.1 Å². The van der Waals surface area contributed by atoms with Crippen molar-refractivity contribution in [2.75, 3.05) is 0 Å². The number of carbonyl (C=O) groups is 1. The van der Waals surface area contributed by atoms with E-state index in [0.29, 0.717) is 12.5 Å². The Balaban J connectivity index is 1.27. The molecular weight excluding hydrogens is 364 g/mol. The third-order valence-electron chi connectivity index (χ3n) is 5.51. The fraction of sp³-hybridized carbons (Fsp3) is 0.364. The van der Waals surface area contributed by atoms with Gasteiger partial charge in [0, 0.05) is 30.2 Å². The molecule has 1 saturated carbocycles. The van der Waals surface area contributed by atoms with Crippen LogP contribution in [0.2, 0.25) is 0 Å². The van der Waals surface area contributed by atoms with Crippen LogP contribution in [0.3, 0.4) is 0 Å². The van der Waals surface area contributed by atoms with E-state index in [2.05, 4.69) is 20.4 Å². The number of benzene rings is 1. The summed E-state index contributed by atoms with van der Waals surface area (Å²) in [6, 6.07) is 9.88. The lowest BCUT2D eigenvalue weighted by molar-refractivity contribution is -0.123. The van der Waals surface area contributed by atoms with Crippen LogP contribution in [0, 0.1) is 0 Å². The van der Waals surface area contributed by atoms with Crippen LogP contribution in [-0.2, 0) is 11.2 Å². The van der Waals surface area contributed by atoms with Crippen molar-refractivity contribution in [2.45, 2.75) is 50.2 Å². The van der Waals surface area contributed by atoms with Crippen molar-refractivity contribution in [2.24, 2.45) is 5.73 Å². The summed E-state index contributed by atoms with van der Waals surface area (Å²) in [7, 11) is 0. The molecule has 1 atom stereocenters. The van der Waals surface area contributed by atoms with Gasteiger partial charge in [0.25, 0.3) is 0 Å². The molecule has 4 rings (SSSR count). The predicted octanol–water partition coefficient (Wildman–Crippen LogP) is 2.51. The molecule has 3 aromatic rings. The van der Waals surface area contributed by atoms with Crippen LogP contribution in [0.1, 0.15) is 37.3 Å². The van der Waals surface area contributed by atoms with Crippen molar-refractivity contribution < 1.29 is 4.79 Å². The average molecular weight is 390 g/mol. The van der Waals surface area contributed by atoms with Crippen molar-refractivity contribution in [1.29, 1.82) is 0 Å². The predicted molar refractivity (Wildman–Crippen MR) is 111 cm³/mol. The Morgan fingerprint density at radius 2 is 1.93 bits per heavy atom. The van der Waals surface area contributed by atoms with Crippen LogP contribution in [0.15, 0.2) is 61.3 Å². The standard InChI is InChI=1S/C22H26N6O/c23-20(12-16-4-2-1-3-5-16)22(29)27-18-6-8-19(9-7-18)28-15-17(13-26-28)21-14-24-10-11-25-21/h1-5,10-11,13-15,18-20H,6-9,12,23H2,(H,27,29)/t18?,19?,20-/m1/s1. The number of rotatable bonds is 6. The van der Waals surface area contributed by atoms with E-state index in [-0.39, 0.29) is 11.9 Å². The Morgan fingerprint density at radius 1 is 1.14 bits per heavy atom. The molecule has 1 amide bonds. The summed E-state index contributed by atoms with van der Waals surface area (Å²) >= 11 is 0. The molecule has 1 aliphatic carbocycles. The number of hydrogen-bond donors (Lipinski definition) is 2. The van der Waals surface area contributed by atoms with Gasteiger partial charge in [-0.25, -0.2) is 0 Å².